The van der Waals surface area contributed by atoms with Crippen LogP contribution < -0.4 is 0 Å². The third kappa shape index (κ3) is 3.54. The second-order valence-electron chi connectivity index (χ2n) is 7.69. The lowest BCUT2D eigenvalue weighted by molar-refractivity contribution is -0.140. The molecule has 5 heteroatoms. The monoisotopic (exact) mass is 401 g/mol. The van der Waals surface area contributed by atoms with Crippen LogP contribution in [0.5, 0.6) is 0 Å². The van der Waals surface area contributed by atoms with Crippen molar-refractivity contribution in [2.45, 2.75) is 32.4 Å². The van der Waals surface area contributed by atoms with Crippen LogP contribution in [0.4, 0.5) is 0 Å². The van der Waals surface area contributed by atoms with E-state index >= 15 is 0 Å². The number of amides is 1. The van der Waals surface area contributed by atoms with E-state index in [1.165, 1.54) is 11.2 Å². The highest BCUT2D eigenvalue weighted by Crippen LogP contribution is 2.40. The van der Waals surface area contributed by atoms with Crippen molar-refractivity contribution in [3.8, 4) is 0 Å². The highest BCUT2D eigenvalue weighted by molar-refractivity contribution is 6.46. The molecule has 1 N–H and O–H groups in total. The molecule has 1 saturated heterocycles. The molecule has 0 unspecified atom stereocenters. The number of ketones is 1. The van der Waals surface area contributed by atoms with Gasteiger partial charge in [-0.25, -0.2) is 0 Å². The number of carbonyl (C=O) groups excluding carboxylic acids is 2. The number of furan rings is 1. The van der Waals surface area contributed by atoms with Gasteiger partial charge in [0.1, 0.15) is 11.5 Å². The van der Waals surface area contributed by atoms with Crippen LogP contribution in [0, 0.1) is 0 Å². The van der Waals surface area contributed by atoms with E-state index in [9.17, 15) is 14.7 Å². The predicted molar refractivity (Wildman–Crippen MR) is 114 cm³/mol. The smallest absolute Gasteiger partial charge is 0.296 e. The summed E-state index contributed by atoms with van der Waals surface area (Å²) in [6, 6.07) is 19.4. The largest absolute Gasteiger partial charge is 0.507 e. The van der Waals surface area contributed by atoms with Crippen LogP contribution in [0.2, 0.25) is 0 Å². The van der Waals surface area contributed by atoms with E-state index < -0.39 is 17.7 Å². The maximum absolute atomic E-state index is 13.0. The third-order valence-electron chi connectivity index (χ3n) is 5.41. The average Bonchev–Trinajstić information content (AvgIpc) is 3.36. The first-order valence-electron chi connectivity index (χ1n) is 9.93. The van der Waals surface area contributed by atoms with Crippen molar-refractivity contribution in [3.63, 3.8) is 0 Å². The number of carbonyl (C=O) groups is 2. The number of likely N-dealkylation sites (tertiary alicyclic amines) is 1. The summed E-state index contributed by atoms with van der Waals surface area (Å²) in [6.07, 6.45) is 1.53. The van der Waals surface area contributed by atoms with Gasteiger partial charge in [-0.05, 0) is 29.2 Å². The minimum Gasteiger partial charge on any atom is -0.507 e. The third-order valence-corrected chi connectivity index (χ3v) is 5.41. The van der Waals surface area contributed by atoms with Crippen molar-refractivity contribution in [2.24, 2.45) is 0 Å². The van der Waals surface area contributed by atoms with Crippen molar-refractivity contribution < 1.29 is 19.1 Å². The zero-order valence-corrected chi connectivity index (χ0v) is 16.9. The molecule has 1 aromatic heterocycles. The van der Waals surface area contributed by atoms with Crippen LogP contribution in [-0.4, -0.2) is 21.7 Å². The number of hydrogen-bond acceptors (Lipinski definition) is 4. The molecule has 5 nitrogen and oxygen atoms in total. The molecule has 3 aromatic rings. The van der Waals surface area contributed by atoms with Crippen molar-refractivity contribution in [2.75, 3.05) is 0 Å². The molecule has 1 aliphatic rings. The van der Waals surface area contributed by atoms with E-state index in [0.29, 0.717) is 17.2 Å². The van der Waals surface area contributed by atoms with Gasteiger partial charge in [-0.15, -0.1) is 0 Å². The van der Waals surface area contributed by atoms with Gasteiger partial charge in [0.2, 0.25) is 0 Å². The van der Waals surface area contributed by atoms with E-state index in [1.54, 1.807) is 36.4 Å². The van der Waals surface area contributed by atoms with Crippen molar-refractivity contribution in [3.05, 3.63) is 101 Å². The quantitative estimate of drug-likeness (QED) is 0.370. The Balaban J connectivity index is 1.85. The van der Waals surface area contributed by atoms with Gasteiger partial charge in [0, 0.05) is 5.56 Å². The Kier molecular flexibility index (Phi) is 5.27. The highest BCUT2D eigenvalue weighted by Gasteiger charge is 2.46. The van der Waals surface area contributed by atoms with Crippen LogP contribution in [0.1, 0.15) is 48.3 Å². The van der Waals surface area contributed by atoms with Crippen LogP contribution in [0.3, 0.4) is 0 Å². The lowest BCUT2D eigenvalue weighted by Crippen LogP contribution is -2.29. The molecule has 152 valence electrons. The van der Waals surface area contributed by atoms with Gasteiger partial charge in [-0.2, -0.15) is 0 Å². The summed E-state index contributed by atoms with van der Waals surface area (Å²) in [6.45, 7) is 4.35. The van der Waals surface area contributed by atoms with Crippen LogP contribution in [-0.2, 0) is 16.1 Å². The number of aliphatic hydroxyl groups is 1. The van der Waals surface area contributed by atoms with Gasteiger partial charge in [-0.1, -0.05) is 68.4 Å². The molecular formula is C25H23NO4. The summed E-state index contributed by atoms with van der Waals surface area (Å²) in [5.41, 5.74) is 2.51. The zero-order valence-electron chi connectivity index (χ0n) is 16.9. The molecule has 1 atom stereocenters. The molecule has 0 radical (unpaired) electrons. The number of hydrogen-bond donors (Lipinski definition) is 1. The first kappa shape index (κ1) is 19.7. The van der Waals surface area contributed by atoms with Crippen molar-refractivity contribution in [1.29, 1.82) is 0 Å². The van der Waals surface area contributed by atoms with Gasteiger partial charge in [0.25, 0.3) is 11.7 Å². The number of benzene rings is 2. The minimum absolute atomic E-state index is 0.0926. The van der Waals surface area contributed by atoms with E-state index in [2.05, 4.69) is 13.8 Å². The van der Waals surface area contributed by atoms with Gasteiger partial charge in [0.15, 0.2) is 0 Å². The number of Topliss-reactive ketones (excluding diaryl/α,β-unsaturated/α-hetero) is 1. The topological polar surface area (TPSA) is 70.8 Å². The van der Waals surface area contributed by atoms with E-state index in [-0.39, 0.29) is 17.9 Å². The van der Waals surface area contributed by atoms with E-state index in [1.807, 2.05) is 30.3 Å². The molecule has 4 rings (SSSR count). The predicted octanol–water partition coefficient (Wildman–Crippen LogP) is 5.02. The fourth-order valence-corrected chi connectivity index (χ4v) is 3.77. The Morgan fingerprint density at radius 1 is 1.00 bits per heavy atom. The lowest BCUT2D eigenvalue weighted by Gasteiger charge is -2.25. The van der Waals surface area contributed by atoms with Crippen LogP contribution in [0.15, 0.2) is 83.0 Å². The zero-order chi connectivity index (χ0) is 21.3. The molecule has 0 spiro atoms. The van der Waals surface area contributed by atoms with Crippen molar-refractivity contribution in [1.82, 2.24) is 4.90 Å². The SMILES string of the molecule is CC(C)c1ccc([C@@H]2/C(=C(\O)c3ccccc3)C(=O)C(=O)N2Cc2ccco2)cc1. The van der Waals surface area contributed by atoms with Crippen LogP contribution in [0.25, 0.3) is 5.76 Å². The average molecular weight is 401 g/mol. The molecule has 30 heavy (non-hydrogen) atoms. The summed E-state index contributed by atoms with van der Waals surface area (Å²) in [7, 11) is 0. The van der Waals surface area contributed by atoms with E-state index in [0.717, 1.165) is 11.1 Å². The van der Waals surface area contributed by atoms with Crippen LogP contribution >= 0.6 is 0 Å². The second kappa shape index (κ2) is 8.03. The fourth-order valence-electron chi connectivity index (χ4n) is 3.77. The molecule has 1 aliphatic heterocycles. The van der Waals surface area contributed by atoms with Gasteiger partial charge in [0.05, 0.1) is 24.4 Å². The second-order valence-corrected chi connectivity index (χ2v) is 7.69. The minimum atomic E-state index is -0.698. The summed E-state index contributed by atoms with van der Waals surface area (Å²) in [5, 5.41) is 11.0. The summed E-state index contributed by atoms with van der Waals surface area (Å²) in [5.74, 6) is -0.588. The first-order valence-corrected chi connectivity index (χ1v) is 9.93. The standard InChI is InChI=1S/C25H23NO4/c1-16(2)17-10-12-18(13-11-17)22-21(23(27)19-7-4-3-5-8-19)24(28)25(29)26(22)15-20-9-6-14-30-20/h3-14,16,22,27H,15H2,1-2H3/b23-21+/t22-/m1/s1. The Bertz CT molecular complexity index is 1080. The molecule has 0 saturated carbocycles. The van der Waals surface area contributed by atoms with Gasteiger partial charge < -0.3 is 14.4 Å². The molecule has 0 aliphatic carbocycles. The molecular weight excluding hydrogens is 378 g/mol. The lowest BCUT2D eigenvalue weighted by atomic mass is 9.93. The Labute approximate surface area is 175 Å². The summed E-state index contributed by atoms with van der Waals surface area (Å²) in [4.78, 5) is 27.4. The molecule has 2 heterocycles. The first-order chi connectivity index (χ1) is 14.5. The maximum Gasteiger partial charge on any atom is 0.296 e. The highest BCUT2D eigenvalue weighted by atomic mass is 16.3. The Hall–Kier alpha value is -3.60. The van der Waals surface area contributed by atoms with E-state index in [4.69, 9.17) is 4.42 Å². The molecule has 1 fully saturated rings. The molecule has 0 bridgehead atoms. The fraction of sp³-hybridized carbons (Fsp3) is 0.200. The maximum atomic E-state index is 13.0. The Morgan fingerprint density at radius 3 is 2.30 bits per heavy atom. The Morgan fingerprint density at radius 2 is 1.70 bits per heavy atom. The number of rotatable bonds is 5. The molecule has 1 amide bonds. The molecule has 2 aromatic carbocycles. The normalized spacial score (nSPS) is 18.4. The number of nitrogens with zero attached hydrogens (tertiary/aromatic N) is 1. The number of aliphatic hydroxyl groups excluding tert-OH is 1. The van der Waals surface area contributed by atoms with Gasteiger partial charge in [-0.3, -0.25) is 9.59 Å². The summed E-state index contributed by atoms with van der Waals surface area (Å²) < 4.78 is 5.41. The summed E-state index contributed by atoms with van der Waals surface area (Å²) >= 11 is 0. The van der Waals surface area contributed by atoms with Gasteiger partial charge >= 0.3 is 0 Å². The van der Waals surface area contributed by atoms with Crippen molar-refractivity contribution >= 4 is 17.4 Å².